The average molecular weight is 409 g/mol. The van der Waals surface area contributed by atoms with Crippen molar-refractivity contribution in [3.63, 3.8) is 0 Å². The minimum absolute atomic E-state index is 0.0337. The van der Waals surface area contributed by atoms with Gasteiger partial charge in [-0.25, -0.2) is 4.79 Å². The second kappa shape index (κ2) is 8.35. The summed E-state index contributed by atoms with van der Waals surface area (Å²) in [6, 6.07) is 24.8. The van der Waals surface area contributed by atoms with Gasteiger partial charge in [-0.2, -0.15) is 5.26 Å². The van der Waals surface area contributed by atoms with Crippen LogP contribution >= 0.6 is 0 Å². The normalized spacial score (nSPS) is 10.3. The first-order chi connectivity index (χ1) is 15.1. The Kier molecular flexibility index (Phi) is 5.28. The number of nitriles is 1. The summed E-state index contributed by atoms with van der Waals surface area (Å²) in [7, 11) is 0. The van der Waals surface area contributed by atoms with Crippen LogP contribution < -0.4 is 5.32 Å². The van der Waals surface area contributed by atoms with Gasteiger partial charge in [0.15, 0.2) is 11.5 Å². The van der Waals surface area contributed by atoms with Crippen molar-refractivity contribution in [1.29, 1.82) is 5.26 Å². The van der Waals surface area contributed by atoms with Gasteiger partial charge in [-0.3, -0.25) is 4.79 Å². The number of benzene rings is 3. The van der Waals surface area contributed by atoms with E-state index in [1.807, 2.05) is 60.7 Å². The van der Waals surface area contributed by atoms with E-state index in [2.05, 4.69) is 10.5 Å². The van der Waals surface area contributed by atoms with E-state index in [9.17, 15) is 20.0 Å². The van der Waals surface area contributed by atoms with Crippen molar-refractivity contribution in [1.82, 2.24) is 5.16 Å². The SMILES string of the molecule is N#Cc1cccc(C(=O)O)c1NC(=O)c1cc(-c2ccccc2-c2ccccc2)on1. The van der Waals surface area contributed by atoms with Crippen LogP contribution in [0.15, 0.2) is 83.4 Å². The standard InChI is InChI=1S/C24H15N3O4/c25-14-16-9-6-12-19(24(29)30)22(16)26-23(28)20-13-21(31-27-20)18-11-5-4-10-17(18)15-7-2-1-3-8-15/h1-13H,(H,26,28)(H,29,30). The Morgan fingerprint density at radius 2 is 1.65 bits per heavy atom. The van der Waals surface area contributed by atoms with Crippen LogP contribution in [0.4, 0.5) is 5.69 Å². The zero-order valence-corrected chi connectivity index (χ0v) is 16.1. The van der Waals surface area contributed by atoms with Gasteiger partial charge in [0.05, 0.1) is 16.8 Å². The fourth-order valence-electron chi connectivity index (χ4n) is 3.21. The number of aromatic carboxylic acids is 1. The van der Waals surface area contributed by atoms with Gasteiger partial charge in [0, 0.05) is 11.6 Å². The third-order valence-corrected chi connectivity index (χ3v) is 4.67. The molecule has 0 unspecified atom stereocenters. The summed E-state index contributed by atoms with van der Waals surface area (Å²) in [4.78, 5) is 24.2. The van der Waals surface area contributed by atoms with Crippen LogP contribution in [0.5, 0.6) is 0 Å². The highest BCUT2D eigenvalue weighted by Crippen LogP contribution is 2.32. The van der Waals surface area contributed by atoms with Crippen LogP contribution in [0.2, 0.25) is 0 Å². The average Bonchev–Trinajstić information content (AvgIpc) is 3.30. The molecule has 4 rings (SSSR count). The van der Waals surface area contributed by atoms with Gasteiger partial charge in [0.2, 0.25) is 0 Å². The number of carbonyl (C=O) groups excluding carboxylic acids is 1. The lowest BCUT2D eigenvalue weighted by atomic mass is 9.98. The summed E-state index contributed by atoms with van der Waals surface area (Å²) >= 11 is 0. The van der Waals surface area contributed by atoms with Crippen LogP contribution in [0.25, 0.3) is 22.5 Å². The van der Waals surface area contributed by atoms with Crippen molar-refractivity contribution in [2.45, 2.75) is 0 Å². The van der Waals surface area contributed by atoms with E-state index >= 15 is 0 Å². The molecule has 0 aliphatic carbocycles. The molecule has 7 nitrogen and oxygen atoms in total. The smallest absolute Gasteiger partial charge is 0.337 e. The number of nitrogens with zero attached hydrogens (tertiary/aromatic N) is 2. The first kappa shape index (κ1) is 19.6. The molecule has 1 aromatic heterocycles. The number of hydrogen-bond acceptors (Lipinski definition) is 5. The number of para-hydroxylation sites is 1. The minimum atomic E-state index is -1.26. The maximum atomic E-state index is 12.7. The molecular formula is C24H15N3O4. The Labute approximate surface area is 177 Å². The Balaban J connectivity index is 1.67. The van der Waals surface area contributed by atoms with Crippen LogP contribution in [0, 0.1) is 11.3 Å². The maximum Gasteiger partial charge on any atom is 0.337 e. The van der Waals surface area contributed by atoms with Gasteiger partial charge >= 0.3 is 5.97 Å². The molecule has 7 heteroatoms. The number of hydrogen-bond donors (Lipinski definition) is 2. The van der Waals surface area contributed by atoms with E-state index in [0.717, 1.165) is 16.7 Å². The third-order valence-electron chi connectivity index (χ3n) is 4.67. The Hall–Kier alpha value is -4.70. The molecule has 0 spiro atoms. The van der Waals surface area contributed by atoms with Crippen molar-refractivity contribution in [3.05, 3.63) is 95.7 Å². The number of aromatic nitrogens is 1. The van der Waals surface area contributed by atoms with E-state index in [1.54, 1.807) is 0 Å². The molecule has 1 heterocycles. The molecule has 31 heavy (non-hydrogen) atoms. The topological polar surface area (TPSA) is 116 Å². The highest BCUT2D eigenvalue weighted by Gasteiger charge is 2.20. The molecule has 0 aliphatic rings. The molecule has 0 radical (unpaired) electrons. The predicted octanol–water partition coefficient (Wildman–Crippen LogP) is 4.83. The van der Waals surface area contributed by atoms with Crippen molar-refractivity contribution in [3.8, 4) is 28.5 Å². The molecule has 0 saturated carbocycles. The van der Waals surface area contributed by atoms with Gasteiger partial charge in [0.25, 0.3) is 5.91 Å². The van der Waals surface area contributed by atoms with E-state index in [1.165, 1.54) is 24.3 Å². The molecule has 0 fully saturated rings. The number of carboxylic acids is 1. The van der Waals surface area contributed by atoms with Crippen molar-refractivity contribution in [2.75, 3.05) is 5.32 Å². The fraction of sp³-hybridized carbons (Fsp3) is 0. The second-order valence-electron chi connectivity index (χ2n) is 6.59. The first-order valence-corrected chi connectivity index (χ1v) is 9.28. The van der Waals surface area contributed by atoms with Crippen LogP contribution in [0.3, 0.4) is 0 Å². The fourth-order valence-corrected chi connectivity index (χ4v) is 3.21. The number of nitrogens with one attached hydrogen (secondary N) is 1. The Bertz CT molecular complexity index is 1320. The molecule has 0 saturated heterocycles. The molecule has 0 atom stereocenters. The van der Waals surface area contributed by atoms with E-state index < -0.39 is 11.9 Å². The van der Waals surface area contributed by atoms with Gasteiger partial charge in [-0.05, 0) is 23.3 Å². The Morgan fingerprint density at radius 3 is 2.35 bits per heavy atom. The monoisotopic (exact) mass is 409 g/mol. The highest BCUT2D eigenvalue weighted by molar-refractivity contribution is 6.08. The van der Waals surface area contributed by atoms with Crippen LogP contribution in [0.1, 0.15) is 26.4 Å². The van der Waals surface area contributed by atoms with Crippen molar-refractivity contribution >= 4 is 17.6 Å². The number of rotatable bonds is 5. The predicted molar refractivity (Wildman–Crippen MR) is 113 cm³/mol. The number of anilines is 1. The highest BCUT2D eigenvalue weighted by atomic mass is 16.5. The van der Waals surface area contributed by atoms with Crippen LogP contribution in [-0.4, -0.2) is 22.1 Å². The third kappa shape index (κ3) is 3.91. The summed E-state index contributed by atoms with van der Waals surface area (Å²) in [6.45, 7) is 0. The summed E-state index contributed by atoms with van der Waals surface area (Å²) in [6.07, 6.45) is 0. The van der Waals surface area contributed by atoms with Gasteiger partial charge in [-0.1, -0.05) is 65.8 Å². The van der Waals surface area contributed by atoms with Gasteiger partial charge < -0.3 is 14.9 Å². The van der Waals surface area contributed by atoms with Crippen molar-refractivity contribution in [2.24, 2.45) is 0 Å². The molecular weight excluding hydrogens is 394 g/mol. The largest absolute Gasteiger partial charge is 0.478 e. The van der Waals surface area contributed by atoms with E-state index in [4.69, 9.17) is 4.52 Å². The van der Waals surface area contributed by atoms with E-state index in [-0.39, 0.29) is 22.5 Å². The quantitative estimate of drug-likeness (QED) is 0.488. The molecule has 150 valence electrons. The molecule has 4 aromatic rings. The molecule has 0 aliphatic heterocycles. The summed E-state index contributed by atoms with van der Waals surface area (Å²) in [5.74, 6) is -1.56. The molecule has 3 aromatic carbocycles. The minimum Gasteiger partial charge on any atom is -0.478 e. The number of carbonyl (C=O) groups is 2. The summed E-state index contributed by atoms with van der Waals surface area (Å²) in [5.41, 5.74) is 2.36. The lowest BCUT2D eigenvalue weighted by Gasteiger charge is -2.08. The molecule has 0 bridgehead atoms. The first-order valence-electron chi connectivity index (χ1n) is 9.28. The number of carboxylic acid groups (broad SMARTS) is 1. The summed E-state index contributed by atoms with van der Waals surface area (Å²) in [5, 5.41) is 24.9. The van der Waals surface area contributed by atoms with Gasteiger partial charge in [-0.15, -0.1) is 0 Å². The molecule has 2 N–H and O–H groups in total. The molecule has 1 amide bonds. The Morgan fingerprint density at radius 1 is 0.935 bits per heavy atom. The zero-order chi connectivity index (χ0) is 21.8. The van der Waals surface area contributed by atoms with Crippen molar-refractivity contribution < 1.29 is 19.2 Å². The maximum absolute atomic E-state index is 12.7. The van der Waals surface area contributed by atoms with Gasteiger partial charge in [0.1, 0.15) is 6.07 Å². The summed E-state index contributed by atoms with van der Waals surface area (Å²) < 4.78 is 5.41. The zero-order valence-electron chi connectivity index (χ0n) is 16.1. The van der Waals surface area contributed by atoms with E-state index in [0.29, 0.717) is 5.76 Å². The lowest BCUT2D eigenvalue weighted by Crippen LogP contribution is -2.16. The lowest BCUT2D eigenvalue weighted by molar-refractivity contribution is 0.0698. The van der Waals surface area contributed by atoms with Crippen LogP contribution in [-0.2, 0) is 0 Å². The second-order valence-corrected chi connectivity index (χ2v) is 6.59. The number of amides is 1.